The van der Waals surface area contributed by atoms with Crippen molar-refractivity contribution in [1.82, 2.24) is 9.88 Å². The highest BCUT2D eigenvalue weighted by molar-refractivity contribution is 6.09. The highest BCUT2D eigenvalue weighted by Gasteiger charge is 2.36. The van der Waals surface area contributed by atoms with Gasteiger partial charge in [0.1, 0.15) is 29.7 Å². The molecule has 1 aromatic heterocycles. The van der Waals surface area contributed by atoms with Crippen molar-refractivity contribution in [3.05, 3.63) is 263 Å². The molecule has 0 saturated heterocycles. The van der Waals surface area contributed by atoms with E-state index in [1.807, 2.05) is 0 Å². The molecule has 5 aliphatic rings. The second-order valence-electron chi connectivity index (χ2n) is 19.1. The van der Waals surface area contributed by atoms with Gasteiger partial charge in [0.15, 0.2) is 0 Å². The number of hydrogen-bond donors (Lipinski definition) is 2. The van der Waals surface area contributed by atoms with Crippen LogP contribution < -0.4 is 15.8 Å². The smallest absolute Gasteiger partial charge is 0.132 e. The number of nitrogens with zero attached hydrogens (tertiary/aromatic N) is 2. The van der Waals surface area contributed by atoms with Gasteiger partial charge >= 0.3 is 0 Å². The summed E-state index contributed by atoms with van der Waals surface area (Å²) in [5, 5.41) is 6.15. The van der Waals surface area contributed by atoms with Gasteiger partial charge in [0.25, 0.3) is 0 Å². The topological polar surface area (TPSA) is 64.6 Å². The Morgan fingerprint density at radius 3 is 2.14 bits per heavy atom. The first-order valence-corrected chi connectivity index (χ1v) is 24.7. The van der Waals surface area contributed by atoms with Crippen LogP contribution in [0.4, 0.5) is 0 Å². The van der Waals surface area contributed by atoms with Gasteiger partial charge in [0.2, 0.25) is 0 Å². The van der Waals surface area contributed by atoms with E-state index in [0.717, 1.165) is 70.8 Å². The van der Waals surface area contributed by atoms with Crippen LogP contribution in [0.3, 0.4) is 0 Å². The van der Waals surface area contributed by atoms with Gasteiger partial charge < -0.3 is 20.4 Å². The molecule has 1 aliphatic heterocycles. The molecule has 0 radical (unpaired) electrons. The third-order valence-electron chi connectivity index (χ3n) is 15.0. The van der Waals surface area contributed by atoms with Gasteiger partial charge in [0.05, 0.1) is 11.0 Å². The van der Waals surface area contributed by atoms with Crippen molar-refractivity contribution in [1.29, 1.82) is 0 Å². The average molecular weight is 897 g/mol. The lowest BCUT2D eigenvalue weighted by Gasteiger charge is -2.35. The number of allylic oxidation sites excluding steroid dienone is 14. The third-order valence-corrected chi connectivity index (χ3v) is 15.0. The first-order chi connectivity index (χ1) is 34.0. The van der Waals surface area contributed by atoms with Crippen molar-refractivity contribution in [3.8, 4) is 16.9 Å². The van der Waals surface area contributed by atoms with E-state index in [0.29, 0.717) is 17.8 Å². The summed E-state index contributed by atoms with van der Waals surface area (Å²) in [6, 6.07) is 54.3. The fraction of sp³-hybridized carbons (Fsp3) is 0.172. The van der Waals surface area contributed by atoms with Crippen LogP contribution in [0.15, 0.2) is 246 Å². The van der Waals surface area contributed by atoms with Crippen LogP contribution in [-0.4, -0.2) is 16.6 Å². The number of benzene rings is 6. The van der Waals surface area contributed by atoms with Crippen molar-refractivity contribution < 1.29 is 4.74 Å². The summed E-state index contributed by atoms with van der Waals surface area (Å²) in [5.74, 6) is 4.12. The molecule has 0 bridgehead atoms. The molecule has 69 heavy (non-hydrogen) atoms. The molecule has 12 rings (SSSR count). The Hall–Kier alpha value is -7.73. The Bertz CT molecular complexity index is 3370. The normalized spacial score (nSPS) is 21.6. The Kier molecular flexibility index (Phi) is 11.4. The Balaban J connectivity index is 0.867. The van der Waals surface area contributed by atoms with Crippen LogP contribution in [0.5, 0.6) is 5.75 Å². The predicted molar refractivity (Wildman–Crippen MR) is 286 cm³/mol. The van der Waals surface area contributed by atoms with Crippen molar-refractivity contribution >= 4 is 33.2 Å². The number of fused-ring (bicyclic) bond motifs is 6. The number of rotatable bonds is 10. The van der Waals surface area contributed by atoms with Crippen LogP contribution in [0.2, 0.25) is 0 Å². The van der Waals surface area contributed by atoms with Crippen LogP contribution in [0.1, 0.15) is 72.9 Å². The zero-order valence-electron chi connectivity index (χ0n) is 39.0. The minimum atomic E-state index is -0.448. The van der Waals surface area contributed by atoms with Gasteiger partial charge in [-0.3, -0.25) is 0 Å². The first kappa shape index (κ1) is 42.6. The Labute approximate surface area is 405 Å². The van der Waals surface area contributed by atoms with Gasteiger partial charge in [-0.05, 0) is 119 Å². The van der Waals surface area contributed by atoms with E-state index in [1.165, 1.54) is 49.7 Å². The molecule has 338 valence electrons. The minimum absolute atomic E-state index is 0.262. The van der Waals surface area contributed by atoms with Gasteiger partial charge in [-0.25, -0.2) is 4.99 Å². The fourth-order valence-corrected chi connectivity index (χ4v) is 11.5. The molecule has 0 saturated carbocycles. The van der Waals surface area contributed by atoms with Crippen LogP contribution in [-0.2, 0) is 0 Å². The van der Waals surface area contributed by atoms with Crippen molar-refractivity contribution in [2.45, 2.75) is 56.8 Å². The van der Waals surface area contributed by atoms with Gasteiger partial charge in [-0.15, -0.1) is 0 Å². The molecular weight excluding hydrogens is 841 g/mol. The third kappa shape index (κ3) is 8.17. The number of aromatic nitrogens is 1. The molecule has 7 aromatic rings. The summed E-state index contributed by atoms with van der Waals surface area (Å²) >= 11 is 0. The average Bonchev–Trinajstić information content (AvgIpc) is 3.96. The van der Waals surface area contributed by atoms with Gasteiger partial charge in [0, 0.05) is 33.7 Å². The lowest BCUT2D eigenvalue weighted by atomic mass is 9.69. The minimum Gasteiger partial charge on any atom is -0.461 e. The Morgan fingerprint density at radius 1 is 0.667 bits per heavy atom. The molecular formula is C64H56N4O. The van der Waals surface area contributed by atoms with E-state index < -0.39 is 6.17 Å². The summed E-state index contributed by atoms with van der Waals surface area (Å²) in [5.41, 5.74) is 21.9. The van der Waals surface area contributed by atoms with Crippen LogP contribution >= 0.6 is 0 Å². The number of aliphatic imine (C=N–C) groups is 1. The molecule has 6 atom stereocenters. The predicted octanol–water partition coefficient (Wildman–Crippen LogP) is 14.8. The first-order valence-electron chi connectivity index (χ1n) is 24.7. The maximum Gasteiger partial charge on any atom is 0.132 e. The molecule has 5 heteroatoms. The van der Waals surface area contributed by atoms with Crippen LogP contribution in [0, 0.1) is 11.8 Å². The van der Waals surface area contributed by atoms with E-state index in [4.69, 9.17) is 15.5 Å². The number of hydrogen-bond acceptors (Lipinski definition) is 3. The number of nitrogens with one attached hydrogen (secondary N) is 1. The van der Waals surface area contributed by atoms with E-state index in [2.05, 4.69) is 235 Å². The monoisotopic (exact) mass is 896 g/mol. The molecule has 3 N–H and O–H groups in total. The number of ether oxygens (including phenoxy) is 1. The zero-order chi connectivity index (χ0) is 46.3. The van der Waals surface area contributed by atoms with Gasteiger partial charge in [-0.2, -0.15) is 0 Å². The second-order valence-corrected chi connectivity index (χ2v) is 19.1. The van der Waals surface area contributed by atoms with E-state index in [1.54, 1.807) is 0 Å². The van der Waals surface area contributed by atoms with Crippen molar-refractivity contribution in [3.63, 3.8) is 0 Å². The molecule has 0 fully saturated rings. The molecule has 4 aliphatic carbocycles. The SMILES string of the molecule is CC(/N=C(\NC(N)C1=CCC(c2ccccc2)C=C1)c1ccc(-c2ccccc2)cc1)n1c2ccccc2c2cc(C3=CC=CCC3C3CC=CC=C3C3=CC=C4Oc5ccccc5C4C3)ccc21. The summed E-state index contributed by atoms with van der Waals surface area (Å²) in [4.78, 5) is 5.55. The summed E-state index contributed by atoms with van der Waals surface area (Å²) in [7, 11) is 0. The molecule has 0 spiro atoms. The molecule has 0 amide bonds. The maximum atomic E-state index is 7.06. The van der Waals surface area contributed by atoms with E-state index in [-0.39, 0.29) is 12.1 Å². The zero-order valence-corrected chi connectivity index (χ0v) is 39.0. The van der Waals surface area contributed by atoms with Crippen LogP contribution in [0.25, 0.3) is 38.5 Å². The fourth-order valence-electron chi connectivity index (χ4n) is 11.5. The summed E-state index contributed by atoms with van der Waals surface area (Å²) in [6.07, 6.45) is 28.4. The van der Waals surface area contributed by atoms with Crippen molar-refractivity contribution in [2.24, 2.45) is 22.6 Å². The number of nitrogens with two attached hydrogens (primary N) is 1. The largest absolute Gasteiger partial charge is 0.461 e. The molecule has 5 nitrogen and oxygen atoms in total. The summed E-state index contributed by atoms with van der Waals surface area (Å²) in [6.45, 7) is 2.19. The van der Waals surface area contributed by atoms with E-state index >= 15 is 0 Å². The number of amidine groups is 1. The van der Waals surface area contributed by atoms with E-state index in [9.17, 15) is 0 Å². The van der Waals surface area contributed by atoms with Crippen molar-refractivity contribution in [2.75, 3.05) is 0 Å². The molecule has 6 aromatic carbocycles. The lowest BCUT2D eigenvalue weighted by Crippen LogP contribution is -2.43. The number of para-hydroxylation sites is 2. The van der Waals surface area contributed by atoms with Gasteiger partial charge in [-0.1, -0.05) is 188 Å². The maximum absolute atomic E-state index is 7.06. The quantitative estimate of drug-likeness (QED) is 0.0817. The second kappa shape index (κ2) is 18.4. The summed E-state index contributed by atoms with van der Waals surface area (Å²) < 4.78 is 8.69. The standard InChI is InChI=1S/C64H56N4O/c1-42(66-64(48-34-30-46(31-35-48)44-18-6-3-7-19-44)67-63(65)47-32-28-45(29-33-47)43-16-4-2-5-17-43)68-59-26-14-12-24-55(59)57-40-49(36-38-60(57)68)51-20-8-10-22-53(51)54-23-11-9-21-52(54)50-37-39-62-58(41-50)56-25-13-15-27-61(56)69-62/h2-21,24-28,30-40,42,45,53-54,58,63H,22-23,29,41,65H2,1H3,(H,66,67). The molecule has 2 heterocycles. The highest BCUT2D eigenvalue weighted by Crippen LogP contribution is 2.50. The Morgan fingerprint density at radius 2 is 1.35 bits per heavy atom. The lowest BCUT2D eigenvalue weighted by molar-refractivity contribution is 0.420. The highest BCUT2D eigenvalue weighted by atomic mass is 16.5. The molecule has 6 unspecified atom stereocenters.